The first-order chi connectivity index (χ1) is 6.49. The Balaban J connectivity index is 3.32. The van der Waals surface area contributed by atoms with Crippen LogP contribution in [0.2, 0.25) is 0 Å². The molecule has 0 aliphatic rings. The molecule has 0 aliphatic heterocycles. The largest absolute Gasteiger partial charge is 0.237 e. The van der Waals surface area contributed by atoms with Crippen molar-refractivity contribution in [1.82, 2.24) is 0 Å². The summed E-state index contributed by atoms with van der Waals surface area (Å²) in [5.74, 6) is 0. The van der Waals surface area contributed by atoms with E-state index in [9.17, 15) is 0 Å². The van der Waals surface area contributed by atoms with Crippen LogP contribution in [0.1, 0.15) is 31.9 Å². The molecule has 1 rings (SSSR count). The minimum atomic E-state index is 0.0200. The molecule has 70 valence electrons. The van der Waals surface area contributed by atoms with E-state index in [2.05, 4.69) is 25.6 Å². The Labute approximate surface area is 84.6 Å². The van der Waals surface area contributed by atoms with Crippen molar-refractivity contribution in [1.29, 1.82) is 5.26 Å². The predicted octanol–water partition coefficient (Wildman–Crippen LogP) is 3.41. The maximum atomic E-state index is 8.85. The second-order valence-corrected chi connectivity index (χ2v) is 4.21. The van der Waals surface area contributed by atoms with Crippen LogP contribution in [-0.2, 0) is 5.41 Å². The van der Waals surface area contributed by atoms with Crippen LogP contribution in [0, 0.1) is 17.9 Å². The molecule has 0 radical (unpaired) electrons. The zero-order valence-electron chi connectivity index (χ0n) is 8.63. The second-order valence-electron chi connectivity index (χ2n) is 4.21. The molecule has 0 atom stereocenters. The van der Waals surface area contributed by atoms with Crippen LogP contribution in [0.5, 0.6) is 0 Å². The first-order valence-corrected chi connectivity index (χ1v) is 4.41. The molecular formula is C12H12N2. The van der Waals surface area contributed by atoms with E-state index in [0.29, 0.717) is 11.3 Å². The lowest BCUT2D eigenvalue weighted by atomic mass is 9.86. The van der Waals surface area contributed by atoms with Crippen molar-refractivity contribution in [2.45, 2.75) is 26.2 Å². The van der Waals surface area contributed by atoms with E-state index >= 15 is 0 Å². The molecular weight excluding hydrogens is 172 g/mol. The average Bonchev–Trinajstić information content (AvgIpc) is 2.15. The Morgan fingerprint density at radius 1 is 1.36 bits per heavy atom. The molecule has 1 aromatic rings. The van der Waals surface area contributed by atoms with E-state index in [0.717, 1.165) is 5.56 Å². The summed E-state index contributed by atoms with van der Waals surface area (Å²) in [7, 11) is 0. The molecule has 0 saturated heterocycles. The lowest BCUT2D eigenvalue weighted by Crippen LogP contribution is -2.10. The molecule has 0 amide bonds. The Bertz CT molecular complexity index is 425. The highest BCUT2D eigenvalue weighted by molar-refractivity contribution is 5.60. The summed E-state index contributed by atoms with van der Waals surface area (Å²) in [5.41, 5.74) is 2.00. The van der Waals surface area contributed by atoms with Gasteiger partial charge in [0.2, 0.25) is 5.69 Å². The third-order valence-corrected chi connectivity index (χ3v) is 2.10. The SMILES string of the molecule is [C-]#[N+]c1ccc(C(C)(C)C)cc1C#N. The maximum absolute atomic E-state index is 8.85. The van der Waals surface area contributed by atoms with Gasteiger partial charge in [0, 0.05) is 0 Å². The molecule has 1 aromatic carbocycles. The Morgan fingerprint density at radius 3 is 2.43 bits per heavy atom. The molecule has 2 heteroatoms. The summed E-state index contributed by atoms with van der Waals surface area (Å²) in [6.07, 6.45) is 0. The Hall–Kier alpha value is -1.80. The summed E-state index contributed by atoms with van der Waals surface area (Å²) in [5, 5.41) is 8.85. The van der Waals surface area contributed by atoms with Gasteiger partial charge < -0.3 is 0 Å². The van der Waals surface area contributed by atoms with Gasteiger partial charge in [-0.25, -0.2) is 4.85 Å². The minimum Gasteiger partial charge on any atom is -0.237 e. The molecule has 2 nitrogen and oxygen atoms in total. The number of rotatable bonds is 0. The van der Waals surface area contributed by atoms with E-state index in [1.807, 2.05) is 12.1 Å². The third-order valence-electron chi connectivity index (χ3n) is 2.10. The van der Waals surface area contributed by atoms with Gasteiger partial charge in [-0.1, -0.05) is 39.0 Å². The van der Waals surface area contributed by atoms with Gasteiger partial charge in [-0.05, 0) is 11.0 Å². The highest BCUT2D eigenvalue weighted by Gasteiger charge is 2.15. The average molecular weight is 184 g/mol. The second kappa shape index (κ2) is 3.52. The first kappa shape index (κ1) is 10.3. The fourth-order valence-corrected chi connectivity index (χ4v) is 1.19. The van der Waals surface area contributed by atoms with Gasteiger partial charge in [-0.15, -0.1) is 0 Å². The van der Waals surface area contributed by atoms with Gasteiger partial charge in [0.15, 0.2) is 0 Å². The minimum absolute atomic E-state index is 0.0200. The normalized spacial score (nSPS) is 10.4. The number of hydrogen-bond acceptors (Lipinski definition) is 1. The summed E-state index contributed by atoms with van der Waals surface area (Å²) < 4.78 is 0. The van der Waals surface area contributed by atoms with Gasteiger partial charge in [0.05, 0.1) is 18.2 Å². The highest BCUT2D eigenvalue weighted by atomic mass is 14.6. The van der Waals surface area contributed by atoms with Crippen molar-refractivity contribution in [3.05, 3.63) is 40.7 Å². The van der Waals surface area contributed by atoms with Crippen LogP contribution in [0.25, 0.3) is 4.85 Å². The molecule has 0 bridgehead atoms. The summed E-state index contributed by atoms with van der Waals surface area (Å²) in [6.45, 7) is 13.1. The topological polar surface area (TPSA) is 28.1 Å². The van der Waals surface area contributed by atoms with E-state index in [1.165, 1.54) is 0 Å². The quantitative estimate of drug-likeness (QED) is 0.568. The van der Waals surface area contributed by atoms with Crippen LogP contribution in [0.3, 0.4) is 0 Å². The van der Waals surface area contributed by atoms with Crippen LogP contribution < -0.4 is 0 Å². The summed E-state index contributed by atoms with van der Waals surface area (Å²) in [4.78, 5) is 3.29. The molecule has 14 heavy (non-hydrogen) atoms. The van der Waals surface area contributed by atoms with E-state index in [1.54, 1.807) is 12.1 Å². The number of benzene rings is 1. The molecule has 0 saturated carbocycles. The van der Waals surface area contributed by atoms with Crippen LogP contribution >= 0.6 is 0 Å². The molecule has 0 fully saturated rings. The smallest absolute Gasteiger partial charge is 0.204 e. The Morgan fingerprint density at radius 2 is 2.00 bits per heavy atom. The van der Waals surface area contributed by atoms with Gasteiger partial charge in [0.1, 0.15) is 0 Å². The molecule has 0 aromatic heterocycles. The first-order valence-electron chi connectivity index (χ1n) is 4.41. The van der Waals surface area contributed by atoms with E-state index < -0.39 is 0 Å². The zero-order valence-corrected chi connectivity index (χ0v) is 8.63. The highest BCUT2D eigenvalue weighted by Crippen LogP contribution is 2.27. The van der Waals surface area contributed by atoms with Crippen molar-refractivity contribution < 1.29 is 0 Å². The van der Waals surface area contributed by atoms with Gasteiger partial charge in [-0.3, -0.25) is 0 Å². The number of nitriles is 1. The van der Waals surface area contributed by atoms with Crippen LogP contribution in [-0.4, -0.2) is 0 Å². The van der Waals surface area contributed by atoms with Crippen molar-refractivity contribution in [3.63, 3.8) is 0 Å². The third kappa shape index (κ3) is 1.92. The van der Waals surface area contributed by atoms with E-state index in [4.69, 9.17) is 11.8 Å². The van der Waals surface area contributed by atoms with Gasteiger partial charge in [-0.2, -0.15) is 5.26 Å². The molecule has 0 unspecified atom stereocenters. The van der Waals surface area contributed by atoms with Gasteiger partial charge >= 0.3 is 0 Å². The summed E-state index contributed by atoms with van der Waals surface area (Å²) in [6, 6.07) is 7.47. The predicted molar refractivity (Wildman–Crippen MR) is 56.1 cm³/mol. The molecule has 0 heterocycles. The zero-order chi connectivity index (χ0) is 10.8. The lowest BCUT2D eigenvalue weighted by molar-refractivity contribution is 0.590. The molecule has 0 aliphatic carbocycles. The van der Waals surface area contributed by atoms with Crippen molar-refractivity contribution in [2.24, 2.45) is 0 Å². The van der Waals surface area contributed by atoms with Crippen LogP contribution in [0.15, 0.2) is 18.2 Å². The Kier molecular flexibility index (Phi) is 2.58. The standard InChI is InChI=1S/C12H12N2/c1-12(2,3)10-5-6-11(14-4)9(7-10)8-13/h5-7H,1-3H3. The van der Waals surface area contributed by atoms with Crippen molar-refractivity contribution in [2.75, 3.05) is 0 Å². The molecule has 0 spiro atoms. The summed E-state index contributed by atoms with van der Waals surface area (Å²) >= 11 is 0. The van der Waals surface area contributed by atoms with Crippen molar-refractivity contribution in [3.8, 4) is 6.07 Å². The fourth-order valence-electron chi connectivity index (χ4n) is 1.19. The fraction of sp³-hybridized carbons (Fsp3) is 0.333. The number of hydrogen-bond donors (Lipinski definition) is 0. The number of nitrogens with zero attached hydrogens (tertiary/aromatic N) is 2. The lowest BCUT2D eigenvalue weighted by Gasteiger charge is -2.19. The van der Waals surface area contributed by atoms with E-state index in [-0.39, 0.29) is 5.41 Å². The maximum Gasteiger partial charge on any atom is 0.204 e. The molecule has 0 N–H and O–H groups in total. The van der Waals surface area contributed by atoms with Crippen LogP contribution in [0.4, 0.5) is 5.69 Å². The van der Waals surface area contributed by atoms with Crippen molar-refractivity contribution >= 4 is 5.69 Å². The monoisotopic (exact) mass is 184 g/mol. The van der Waals surface area contributed by atoms with Gasteiger partial charge in [0.25, 0.3) is 0 Å².